The highest BCUT2D eigenvalue weighted by atomic mass is 16.5. The molecule has 1 rings (SSSR count). The van der Waals surface area contributed by atoms with Gasteiger partial charge in [0.25, 0.3) is 0 Å². The second-order valence-corrected chi connectivity index (χ2v) is 6.74. The number of rotatable bonds is 12. The first-order valence-electron chi connectivity index (χ1n) is 10.4. The van der Waals surface area contributed by atoms with Crippen molar-refractivity contribution < 1.29 is 28.7 Å². The predicted molar refractivity (Wildman–Crippen MR) is 121 cm³/mol. The molecule has 0 spiro atoms. The Labute approximate surface area is 188 Å². The maximum Gasteiger partial charge on any atom is 0.250 e. The molecular weight excluding hydrogens is 416 g/mol. The number of Topliss-reactive ketones (excluding diaryl/α,β-unsaturated/α-hetero) is 1. The van der Waals surface area contributed by atoms with Crippen LogP contribution in [-0.2, 0) is 35.1 Å². The summed E-state index contributed by atoms with van der Waals surface area (Å²) in [5.74, 6) is -0.618. The summed E-state index contributed by atoms with van der Waals surface area (Å²) in [6.45, 7) is 3.25. The number of hydrogen-bond acceptors (Lipinski definition) is 6. The van der Waals surface area contributed by atoms with Crippen LogP contribution >= 0.6 is 0 Å². The molecule has 0 aliphatic carbocycles. The minimum Gasteiger partial charge on any atom is -0.364 e. The lowest BCUT2D eigenvalue weighted by atomic mass is 10.1. The van der Waals surface area contributed by atoms with Gasteiger partial charge in [-0.25, -0.2) is 0 Å². The normalized spacial score (nSPS) is 9.62. The van der Waals surface area contributed by atoms with Crippen LogP contribution in [0.15, 0.2) is 24.3 Å². The number of aryl methyl sites for hydroxylation is 1. The van der Waals surface area contributed by atoms with E-state index in [4.69, 9.17) is 4.74 Å². The van der Waals surface area contributed by atoms with Crippen LogP contribution in [-0.4, -0.2) is 63.3 Å². The fraction of sp³-hybridized carbons (Fsp3) is 0.500. The lowest BCUT2D eigenvalue weighted by Gasteiger charge is -2.07. The SMILES string of the molecule is CCC(=O)NC.CNC(=O)CCNC(=O)CCc1ccc(NC(=O)COCC(C)=O)cc1. The van der Waals surface area contributed by atoms with Crippen LogP contribution in [0.1, 0.15) is 38.7 Å². The summed E-state index contributed by atoms with van der Waals surface area (Å²) in [4.78, 5) is 55.2. The van der Waals surface area contributed by atoms with Crippen molar-refractivity contribution in [3.05, 3.63) is 29.8 Å². The van der Waals surface area contributed by atoms with Crippen molar-refractivity contribution in [1.29, 1.82) is 0 Å². The third-order valence-corrected chi connectivity index (χ3v) is 3.97. The highest BCUT2D eigenvalue weighted by Crippen LogP contribution is 2.11. The smallest absolute Gasteiger partial charge is 0.250 e. The molecule has 10 nitrogen and oxygen atoms in total. The fourth-order valence-electron chi connectivity index (χ4n) is 2.20. The van der Waals surface area contributed by atoms with Crippen molar-refractivity contribution >= 4 is 35.1 Å². The van der Waals surface area contributed by atoms with Gasteiger partial charge in [-0.15, -0.1) is 0 Å². The summed E-state index contributed by atoms with van der Waals surface area (Å²) < 4.78 is 4.94. The maximum atomic E-state index is 11.7. The Hall–Kier alpha value is -3.27. The van der Waals surface area contributed by atoms with E-state index in [0.29, 0.717) is 31.5 Å². The number of hydrogen-bond donors (Lipinski definition) is 4. The Balaban J connectivity index is 0.00000140. The van der Waals surface area contributed by atoms with E-state index in [-0.39, 0.29) is 49.0 Å². The van der Waals surface area contributed by atoms with Crippen molar-refractivity contribution in [3.63, 3.8) is 0 Å². The second-order valence-electron chi connectivity index (χ2n) is 6.74. The number of anilines is 1. The van der Waals surface area contributed by atoms with Gasteiger partial charge in [0.2, 0.25) is 23.6 Å². The molecule has 0 heterocycles. The lowest BCUT2D eigenvalue weighted by Crippen LogP contribution is -2.29. The molecule has 10 heteroatoms. The van der Waals surface area contributed by atoms with Crippen molar-refractivity contribution in [3.8, 4) is 0 Å². The molecule has 1 aromatic carbocycles. The summed E-state index contributed by atoms with van der Waals surface area (Å²) in [6, 6.07) is 7.12. The van der Waals surface area contributed by atoms with Gasteiger partial charge in [-0.3, -0.25) is 24.0 Å². The van der Waals surface area contributed by atoms with E-state index in [0.717, 1.165) is 5.56 Å². The monoisotopic (exact) mass is 450 g/mol. The largest absolute Gasteiger partial charge is 0.364 e. The molecule has 178 valence electrons. The molecule has 0 saturated carbocycles. The van der Waals surface area contributed by atoms with E-state index >= 15 is 0 Å². The first kappa shape index (κ1) is 28.7. The number of nitrogens with one attached hydrogen (secondary N) is 4. The average Bonchev–Trinajstić information content (AvgIpc) is 2.78. The summed E-state index contributed by atoms with van der Waals surface area (Å²) in [7, 11) is 3.18. The molecule has 4 N–H and O–H groups in total. The zero-order valence-electron chi connectivity index (χ0n) is 19.2. The van der Waals surface area contributed by atoms with Crippen LogP contribution < -0.4 is 21.3 Å². The van der Waals surface area contributed by atoms with Crippen molar-refractivity contribution in [2.75, 3.05) is 39.2 Å². The first-order chi connectivity index (χ1) is 15.2. The van der Waals surface area contributed by atoms with Crippen LogP contribution in [0, 0.1) is 0 Å². The number of carbonyl (C=O) groups excluding carboxylic acids is 5. The Kier molecular flexibility index (Phi) is 15.6. The molecular formula is C22H34N4O6. The Bertz CT molecular complexity index is 743. The van der Waals surface area contributed by atoms with Crippen molar-refractivity contribution in [2.24, 2.45) is 0 Å². The Morgan fingerprint density at radius 2 is 1.44 bits per heavy atom. The van der Waals surface area contributed by atoms with Gasteiger partial charge in [0, 0.05) is 45.6 Å². The van der Waals surface area contributed by atoms with Gasteiger partial charge < -0.3 is 26.0 Å². The van der Waals surface area contributed by atoms with Crippen LogP contribution in [0.3, 0.4) is 0 Å². The second kappa shape index (κ2) is 17.4. The summed E-state index contributed by atoms with van der Waals surface area (Å²) in [6.07, 6.45) is 1.71. The van der Waals surface area contributed by atoms with Crippen LogP contribution in [0.25, 0.3) is 0 Å². The van der Waals surface area contributed by atoms with E-state index < -0.39 is 0 Å². The first-order valence-corrected chi connectivity index (χ1v) is 10.4. The minimum atomic E-state index is -0.338. The zero-order chi connectivity index (χ0) is 24.4. The van der Waals surface area contributed by atoms with Gasteiger partial charge in [0.1, 0.15) is 13.2 Å². The molecule has 0 atom stereocenters. The third kappa shape index (κ3) is 15.6. The van der Waals surface area contributed by atoms with Crippen molar-refractivity contribution in [2.45, 2.75) is 39.5 Å². The molecule has 0 aliphatic heterocycles. The molecule has 0 aliphatic rings. The highest BCUT2D eigenvalue weighted by Gasteiger charge is 2.06. The Morgan fingerprint density at radius 3 is 1.94 bits per heavy atom. The minimum absolute atomic E-state index is 0.0858. The maximum absolute atomic E-state index is 11.7. The average molecular weight is 451 g/mol. The van der Waals surface area contributed by atoms with Gasteiger partial charge in [0.05, 0.1) is 0 Å². The van der Waals surface area contributed by atoms with Gasteiger partial charge in [-0.1, -0.05) is 19.1 Å². The molecule has 1 aromatic rings. The quantitative estimate of drug-likeness (QED) is 0.366. The van der Waals surface area contributed by atoms with Gasteiger partial charge in [-0.2, -0.15) is 0 Å². The molecule has 0 radical (unpaired) electrons. The molecule has 4 amide bonds. The highest BCUT2D eigenvalue weighted by molar-refractivity contribution is 5.91. The van der Waals surface area contributed by atoms with Crippen LogP contribution in [0.4, 0.5) is 5.69 Å². The molecule has 0 aromatic heterocycles. The summed E-state index contributed by atoms with van der Waals surface area (Å²) in [5, 5.41) is 10.3. The number of ketones is 1. The topological polar surface area (TPSA) is 143 Å². The van der Waals surface area contributed by atoms with Crippen molar-refractivity contribution in [1.82, 2.24) is 16.0 Å². The summed E-state index contributed by atoms with van der Waals surface area (Å²) in [5.41, 5.74) is 1.57. The standard InChI is InChI=1S/C18H25N3O5.C4H9NO/c1-13(22)11-26-12-18(25)21-15-6-3-14(4-7-15)5-8-17(24)20-10-9-16(23)19-2;1-3-4(6)5-2/h3-4,6-7H,5,8-12H2,1-2H3,(H,19,23)(H,20,24)(H,21,25);3H2,1-2H3,(H,5,6). The third-order valence-electron chi connectivity index (χ3n) is 3.97. The molecule has 32 heavy (non-hydrogen) atoms. The molecule has 0 saturated heterocycles. The summed E-state index contributed by atoms with van der Waals surface area (Å²) >= 11 is 0. The number of carbonyl (C=O) groups is 5. The number of ether oxygens (including phenoxy) is 1. The van der Waals surface area contributed by atoms with Crippen LogP contribution in [0.5, 0.6) is 0 Å². The number of amides is 4. The van der Waals surface area contributed by atoms with Crippen LogP contribution in [0.2, 0.25) is 0 Å². The lowest BCUT2D eigenvalue weighted by molar-refractivity contribution is -0.126. The van der Waals surface area contributed by atoms with Gasteiger partial charge in [0.15, 0.2) is 5.78 Å². The molecule has 0 bridgehead atoms. The van der Waals surface area contributed by atoms with E-state index in [1.54, 1.807) is 26.2 Å². The fourth-order valence-corrected chi connectivity index (χ4v) is 2.20. The Morgan fingerprint density at radius 1 is 0.812 bits per heavy atom. The molecule has 0 unspecified atom stereocenters. The van der Waals surface area contributed by atoms with Gasteiger partial charge in [-0.05, 0) is 31.0 Å². The van der Waals surface area contributed by atoms with Gasteiger partial charge >= 0.3 is 0 Å². The number of benzene rings is 1. The van der Waals surface area contributed by atoms with E-state index in [1.807, 2.05) is 19.1 Å². The molecule has 0 fully saturated rings. The zero-order valence-corrected chi connectivity index (χ0v) is 19.2. The van der Waals surface area contributed by atoms with E-state index in [2.05, 4.69) is 21.3 Å². The predicted octanol–water partition coefficient (Wildman–Crippen LogP) is 0.558. The van der Waals surface area contributed by atoms with E-state index in [9.17, 15) is 24.0 Å². The van der Waals surface area contributed by atoms with E-state index in [1.165, 1.54) is 6.92 Å².